The van der Waals surface area contributed by atoms with E-state index in [1.165, 1.54) is 50.0 Å². The van der Waals surface area contributed by atoms with E-state index < -0.39 is 11.7 Å². The highest BCUT2D eigenvalue weighted by Gasteiger charge is 2.19. The smallest absolute Gasteiger partial charge is 0.313 e. The Kier molecular flexibility index (Phi) is 3.68. The Labute approximate surface area is 130 Å². The summed E-state index contributed by atoms with van der Waals surface area (Å²) in [7, 11) is 1.46. The molecule has 0 bridgehead atoms. The van der Waals surface area contributed by atoms with Gasteiger partial charge in [-0.2, -0.15) is 5.10 Å². The summed E-state index contributed by atoms with van der Waals surface area (Å²) in [5, 5.41) is 13.7. The number of nitrogens with zero attached hydrogens (tertiary/aromatic N) is 2. The largest absolute Gasteiger partial charge is 0.507 e. The number of ketones is 1. The predicted octanol–water partition coefficient (Wildman–Crippen LogP) is 2.11. The summed E-state index contributed by atoms with van der Waals surface area (Å²) in [6, 6.07) is 7.40. The van der Waals surface area contributed by atoms with Crippen molar-refractivity contribution < 1.29 is 23.8 Å². The molecule has 116 valence electrons. The highest BCUT2D eigenvalue weighted by Crippen LogP contribution is 2.25. The maximum atomic E-state index is 12.5. The molecule has 0 aliphatic heterocycles. The number of aromatic hydroxyl groups is 1. The van der Waals surface area contributed by atoms with Gasteiger partial charge in [-0.1, -0.05) is 0 Å². The molecule has 1 aromatic carbocycles. The summed E-state index contributed by atoms with van der Waals surface area (Å²) >= 11 is 0. The minimum atomic E-state index is -0.496. The van der Waals surface area contributed by atoms with Crippen LogP contribution < -0.4 is 4.74 Å². The van der Waals surface area contributed by atoms with Crippen LogP contribution in [0, 0.1) is 0 Å². The zero-order valence-corrected chi connectivity index (χ0v) is 12.1. The van der Waals surface area contributed by atoms with Gasteiger partial charge >= 0.3 is 5.91 Å². The lowest BCUT2D eigenvalue weighted by molar-refractivity contribution is 0.0917. The van der Waals surface area contributed by atoms with Gasteiger partial charge in [-0.15, -0.1) is 0 Å². The number of furan rings is 1. The van der Waals surface area contributed by atoms with Crippen molar-refractivity contribution in [1.82, 2.24) is 9.78 Å². The van der Waals surface area contributed by atoms with Gasteiger partial charge < -0.3 is 14.3 Å². The van der Waals surface area contributed by atoms with Crippen LogP contribution in [0.2, 0.25) is 0 Å². The lowest BCUT2D eigenvalue weighted by atomic mass is 10.1. The Morgan fingerprint density at radius 3 is 2.83 bits per heavy atom. The number of hydrogen-bond acceptors (Lipinski definition) is 6. The van der Waals surface area contributed by atoms with E-state index in [4.69, 9.17) is 9.15 Å². The molecule has 1 N–H and O–H groups in total. The van der Waals surface area contributed by atoms with E-state index in [-0.39, 0.29) is 22.6 Å². The number of carbonyl (C=O) groups is 2. The van der Waals surface area contributed by atoms with Gasteiger partial charge in [-0.05, 0) is 30.3 Å². The van der Waals surface area contributed by atoms with Crippen LogP contribution in [0.25, 0.3) is 0 Å². The molecule has 0 atom stereocenters. The van der Waals surface area contributed by atoms with E-state index in [0.29, 0.717) is 5.75 Å². The van der Waals surface area contributed by atoms with E-state index >= 15 is 0 Å². The quantitative estimate of drug-likeness (QED) is 0.741. The monoisotopic (exact) mass is 312 g/mol. The molecule has 3 rings (SSSR count). The average Bonchev–Trinajstić information content (AvgIpc) is 3.25. The number of aromatic nitrogens is 2. The molecule has 2 heterocycles. The average molecular weight is 312 g/mol. The minimum Gasteiger partial charge on any atom is -0.507 e. The van der Waals surface area contributed by atoms with Crippen molar-refractivity contribution >= 4 is 11.7 Å². The van der Waals surface area contributed by atoms with Crippen molar-refractivity contribution in [2.24, 2.45) is 0 Å². The third-order valence-corrected chi connectivity index (χ3v) is 3.23. The second-order valence-corrected chi connectivity index (χ2v) is 4.67. The second kappa shape index (κ2) is 5.80. The number of methoxy groups -OCH3 is 1. The fourth-order valence-electron chi connectivity index (χ4n) is 2.04. The summed E-state index contributed by atoms with van der Waals surface area (Å²) in [5.74, 6) is -0.605. The third-order valence-electron chi connectivity index (χ3n) is 3.23. The van der Waals surface area contributed by atoms with Gasteiger partial charge in [0.1, 0.15) is 11.5 Å². The normalized spacial score (nSPS) is 10.5. The Morgan fingerprint density at radius 1 is 1.30 bits per heavy atom. The lowest BCUT2D eigenvalue weighted by Gasteiger charge is -2.05. The Morgan fingerprint density at radius 2 is 2.13 bits per heavy atom. The van der Waals surface area contributed by atoms with Crippen LogP contribution in [0.1, 0.15) is 26.5 Å². The molecule has 23 heavy (non-hydrogen) atoms. The number of benzene rings is 1. The van der Waals surface area contributed by atoms with E-state index in [1.807, 2.05) is 0 Å². The molecule has 0 fully saturated rings. The van der Waals surface area contributed by atoms with Crippen molar-refractivity contribution in [3.63, 3.8) is 0 Å². The fraction of sp³-hybridized carbons (Fsp3) is 0.0625. The van der Waals surface area contributed by atoms with E-state index in [1.54, 1.807) is 6.07 Å². The van der Waals surface area contributed by atoms with Gasteiger partial charge in [0.2, 0.25) is 0 Å². The SMILES string of the molecule is COc1ccc(O)c(C(=O)c2cnn(C(=O)c3ccco3)c2)c1. The number of rotatable bonds is 4. The summed E-state index contributed by atoms with van der Waals surface area (Å²) in [5.41, 5.74) is 0.225. The zero-order valence-electron chi connectivity index (χ0n) is 12.1. The topological polar surface area (TPSA) is 94.6 Å². The van der Waals surface area contributed by atoms with Gasteiger partial charge in [0.15, 0.2) is 11.5 Å². The molecular weight excluding hydrogens is 300 g/mol. The predicted molar refractivity (Wildman–Crippen MR) is 78.8 cm³/mol. The molecule has 0 amide bonds. The second-order valence-electron chi connectivity index (χ2n) is 4.67. The number of phenolic OH excluding ortho intramolecular Hbond substituents is 1. The first-order chi connectivity index (χ1) is 11.1. The molecule has 7 nitrogen and oxygen atoms in total. The molecular formula is C16H12N2O5. The molecule has 0 spiro atoms. The van der Waals surface area contributed by atoms with Crippen LogP contribution in [0.4, 0.5) is 0 Å². The third kappa shape index (κ3) is 2.71. The van der Waals surface area contributed by atoms with Crippen LogP contribution >= 0.6 is 0 Å². The number of hydrogen-bond donors (Lipinski definition) is 1. The van der Waals surface area contributed by atoms with Gasteiger partial charge in [-0.3, -0.25) is 9.59 Å². The van der Waals surface area contributed by atoms with E-state index in [9.17, 15) is 14.7 Å². The first kappa shape index (κ1) is 14.6. The first-order valence-electron chi connectivity index (χ1n) is 6.64. The molecule has 3 aromatic rings. The van der Waals surface area contributed by atoms with Crippen LogP contribution in [0.5, 0.6) is 11.5 Å². The summed E-state index contributed by atoms with van der Waals surface area (Å²) in [6.07, 6.45) is 3.91. The maximum Gasteiger partial charge on any atom is 0.313 e. The highest BCUT2D eigenvalue weighted by atomic mass is 16.5. The van der Waals surface area contributed by atoms with Crippen molar-refractivity contribution in [2.75, 3.05) is 7.11 Å². The van der Waals surface area contributed by atoms with Crippen molar-refractivity contribution in [3.8, 4) is 11.5 Å². The van der Waals surface area contributed by atoms with E-state index in [0.717, 1.165) is 4.68 Å². The molecule has 0 radical (unpaired) electrons. The summed E-state index contributed by atoms with van der Waals surface area (Å²) < 4.78 is 11.0. The summed E-state index contributed by atoms with van der Waals surface area (Å²) in [6.45, 7) is 0. The Balaban J connectivity index is 1.91. The number of ether oxygens (including phenoxy) is 1. The lowest BCUT2D eigenvalue weighted by Crippen LogP contribution is -2.11. The number of carbonyl (C=O) groups excluding carboxylic acids is 2. The maximum absolute atomic E-state index is 12.5. The van der Waals surface area contributed by atoms with Crippen LogP contribution in [0.3, 0.4) is 0 Å². The van der Waals surface area contributed by atoms with Gasteiger partial charge in [0.25, 0.3) is 0 Å². The van der Waals surface area contributed by atoms with Gasteiger partial charge in [0.05, 0.1) is 30.7 Å². The molecule has 0 aliphatic rings. The van der Waals surface area contributed by atoms with Crippen LogP contribution in [-0.4, -0.2) is 33.7 Å². The minimum absolute atomic E-state index is 0.0642. The molecule has 0 aliphatic carbocycles. The molecule has 0 saturated carbocycles. The highest BCUT2D eigenvalue weighted by molar-refractivity contribution is 6.11. The van der Waals surface area contributed by atoms with Crippen LogP contribution in [0.15, 0.2) is 53.4 Å². The zero-order chi connectivity index (χ0) is 16.4. The van der Waals surface area contributed by atoms with Crippen molar-refractivity contribution in [2.45, 2.75) is 0 Å². The summed E-state index contributed by atoms with van der Waals surface area (Å²) in [4.78, 5) is 24.5. The van der Waals surface area contributed by atoms with Crippen molar-refractivity contribution in [1.29, 1.82) is 0 Å². The Hall–Kier alpha value is -3.35. The molecule has 0 saturated heterocycles. The van der Waals surface area contributed by atoms with Gasteiger partial charge in [-0.25, -0.2) is 4.68 Å². The van der Waals surface area contributed by atoms with Crippen molar-refractivity contribution in [3.05, 3.63) is 65.9 Å². The fourth-order valence-corrected chi connectivity index (χ4v) is 2.04. The number of phenols is 1. The standard InChI is InChI=1S/C16H12N2O5/c1-22-11-4-5-13(19)12(7-11)15(20)10-8-17-18(9-10)16(21)14-3-2-6-23-14/h2-9,19H,1H3. The molecule has 0 unspecified atom stereocenters. The molecule has 7 heteroatoms. The van der Waals surface area contributed by atoms with Gasteiger partial charge in [0, 0.05) is 6.20 Å². The Bertz CT molecular complexity index is 864. The van der Waals surface area contributed by atoms with Crippen LogP contribution in [-0.2, 0) is 0 Å². The molecule has 2 aromatic heterocycles. The van der Waals surface area contributed by atoms with E-state index in [2.05, 4.69) is 5.10 Å². The first-order valence-corrected chi connectivity index (χ1v) is 6.64.